The van der Waals surface area contributed by atoms with E-state index in [-0.39, 0.29) is 29.9 Å². The molecule has 0 fully saturated rings. The molecule has 0 bridgehead atoms. The average molecular weight is 322 g/mol. The molecule has 0 aliphatic rings. The minimum Gasteiger partial charge on any atom is -1.00 e. The summed E-state index contributed by atoms with van der Waals surface area (Å²) in [5.74, 6) is -0.0221. The molecule has 0 saturated carbocycles. The molecule has 0 atom stereocenters. The first-order valence-electron chi connectivity index (χ1n) is 4.57. The van der Waals surface area contributed by atoms with Gasteiger partial charge in [-0.15, -0.1) is 0 Å². The standard InChI is InChI=1S/C10H15N2O2.HI/c1-5-14-10(13)9-11-7(2)6-8(3)12(9)4;/h6H,5H2,1-4H3;1H/q+1;/p-1. The van der Waals surface area contributed by atoms with E-state index in [1.165, 1.54) is 0 Å². The minimum atomic E-state index is -0.373. The molecule has 0 amide bonds. The van der Waals surface area contributed by atoms with Gasteiger partial charge in [0, 0.05) is 13.0 Å². The van der Waals surface area contributed by atoms with Crippen LogP contribution >= 0.6 is 0 Å². The lowest BCUT2D eigenvalue weighted by molar-refractivity contribution is -0.683. The van der Waals surface area contributed by atoms with E-state index in [4.69, 9.17) is 4.74 Å². The summed E-state index contributed by atoms with van der Waals surface area (Å²) in [6, 6.07) is 1.92. The molecule has 15 heavy (non-hydrogen) atoms. The van der Waals surface area contributed by atoms with Gasteiger partial charge in [-0.3, -0.25) is 0 Å². The summed E-state index contributed by atoms with van der Waals surface area (Å²) < 4.78 is 6.62. The number of nitrogens with zero attached hydrogens (tertiary/aromatic N) is 2. The van der Waals surface area contributed by atoms with E-state index in [0.29, 0.717) is 12.4 Å². The van der Waals surface area contributed by atoms with Crippen molar-refractivity contribution in [3.63, 3.8) is 0 Å². The fourth-order valence-electron chi connectivity index (χ4n) is 1.22. The number of carbonyl (C=O) groups excluding carboxylic acids is 1. The summed E-state index contributed by atoms with van der Waals surface area (Å²) in [7, 11) is 1.80. The number of ether oxygens (including phenoxy) is 1. The number of aromatic nitrogens is 2. The molecule has 5 heteroatoms. The molecule has 0 radical (unpaired) electrons. The minimum absolute atomic E-state index is 0. The Labute approximate surface area is 107 Å². The van der Waals surface area contributed by atoms with E-state index in [1.807, 2.05) is 19.9 Å². The van der Waals surface area contributed by atoms with E-state index in [1.54, 1.807) is 18.5 Å². The summed E-state index contributed by atoms with van der Waals surface area (Å²) in [6.07, 6.45) is 0. The number of esters is 1. The Morgan fingerprint density at radius 3 is 2.67 bits per heavy atom. The molecule has 84 valence electrons. The number of aryl methyl sites for hydroxylation is 2. The third-order valence-electron chi connectivity index (χ3n) is 2.00. The van der Waals surface area contributed by atoms with E-state index < -0.39 is 0 Å². The summed E-state index contributed by atoms with van der Waals surface area (Å²) in [5.41, 5.74) is 1.81. The summed E-state index contributed by atoms with van der Waals surface area (Å²) in [6.45, 7) is 5.93. The van der Waals surface area contributed by atoms with Crippen LogP contribution in [0.5, 0.6) is 0 Å². The first-order valence-corrected chi connectivity index (χ1v) is 4.57. The van der Waals surface area contributed by atoms with Crippen molar-refractivity contribution >= 4 is 5.97 Å². The van der Waals surface area contributed by atoms with Gasteiger partial charge in [-0.1, -0.05) is 0 Å². The predicted molar refractivity (Wildman–Crippen MR) is 50.8 cm³/mol. The van der Waals surface area contributed by atoms with Crippen LogP contribution in [0.25, 0.3) is 0 Å². The Morgan fingerprint density at radius 1 is 1.53 bits per heavy atom. The highest BCUT2D eigenvalue weighted by molar-refractivity contribution is 5.83. The van der Waals surface area contributed by atoms with Gasteiger partial charge < -0.3 is 28.7 Å². The lowest BCUT2D eigenvalue weighted by Gasteiger charge is -2.02. The first kappa shape index (κ1) is 14.3. The molecule has 0 aliphatic carbocycles. The van der Waals surface area contributed by atoms with E-state index in [9.17, 15) is 4.79 Å². The van der Waals surface area contributed by atoms with Gasteiger partial charge in [0.05, 0.1) is 13.7 Å². The molecule has 1 heterocycles. The third kappa shape index (κ3) is 3.40. The highest BCUT2D eigenvalue weighted by atomic mass is 127. The average Bonchev–Trinajstić information content (AvgIpc) is 2.11. The molecule has 0 N–H and O–H groups in total. The van der Waals surface area contributed by atoms with Crippen LogP contribution in [-0.4, -0.2) is 17.6 Å². The largest absolute Gasteiger partial charge is 1.00 e. The zero-order valence-corrected chi connectivity index (χ0v) is 11.5. The second-order valence-corrected chi connectivity index (χ2v) is 3.14. The number of hydrogen-bond acceptors (Lipinski definition) is 3. The molecule has 0 unspecified atom stereocenters. The summed E-state index contributed by atoms with van der Waals surface area (Å²) in [4.78, 5) is 15.6. The van der Waals surface area contributed by atoms with E-state index in [0.717, 1.165) is 11.4 Å². The SMILES string of the molecule is CCOC(=O)c1nc(C)cc(C)[n+]1C.[I-]. The number of rotatable bonds is 2. The van der Waals surface area contributed by atoms with E-state index in [2.05, 4.69) is 4.98 Å². The van der Waals surface area contributed by atoms with Gasteiger partial charge in [-0.2, -0.15) is 0 Å². The Hall–Kier alpha value is -0.720. The topological polar surface area (TPSA) is 43.1 Å². The van der Waals surface area contributed by atoms with Crippen molar-refractivity contribution in [2.75, 3.05) is 6.61 Å². The normalized spacial score (nSPS) is 9.33. The summed E-state index contributed by atoms with van der Waals surface area (Å²) >= 11 is 0. The maximum absolute atomic E-state index is 11.5. The summed E-state index contributed by atoms with van der Waals surface area (Å²) in [5, 5.41) is 0. The second-order valence-electron chi connectivity index (χ2n) is 3.14. The number of carbonyl (C=O) groups is 1. The van der Waals surface area contributed by atoms with Gasteiger partial charge in [0.2, 0.25) is 0 Å². The first-order chi connectivity index (χ1) is 6.56. The van der Waals surface area contributed by atoms with Crippen molar-refractivity contribution in [1.82, 2.24) is 4.98 Å². The van der Waals surface area contributed by atoms with Crippen LogP contribution in [0.2, 0.25) is 0 Å². The van der Waals surface area contributed by atoms with Crippen molar-refractivity contribution in [2.45, 2.75) is 20.8 Å². The van der Waals surface area contributed by atoms with Crippen molar-refractivity contribution < 1.29 is 38.1 Å². The van der Waals surface area contributed by atoms with E-state index >= 15 is 0 Å². The molecular formula is C10H15IN2O2. The lowest BCUT2D eigenvalue weighted by Crippen LogP contribution is -3.00. The van der Waals surface area contributed by atoms with Gasteiger partial charge in [0.15, 0.2) is 5.69 Å². The van der Waals surface area contributed by atoms with Crippen LogP contribution in [0.3, 0.4) is 0 Å². The predicted octanol–water partition coefficient (Wildman–Crippen LogP) is -2.30. The molecule has 0 saturated heterocycles. The molecule has 1 aromatic heterocycles. The molecule has 0 spiro atoms. The molecule has 0 aliphatic heterocycles. The Morgan fingerprint density at radius 2 is 2.13 bits per heavy atom. The molecule has 0 aromatic carbocycles. The molecule has 1 rings (SSSR count). The van der Waals surface area contributed by atoms with Crippen LogP contribution in [0.1, 0.15) is 28.9 Å². The quantitative estimate of drug-likeness (QED) is 0.350. The Balaban J connectivity index is 0.00000196. The highest BCUT2D eigenvalue weighted by Gasteiger charge is 2.23. The van der Waals surface area contributed by atoms with Crippen LogP contribution in [0.4, 0.5) is 0 Å². The van der Waals surface area contributed by atoms with Crippen molar-refractivity contribution in [2.24, 2.45) is 7.05 Å². The van der Waals surface area contributed by atoms with Crippen molar-refractivity contribution in [1.29, 1.82) is 0 Å². The number of hydrogen-bond donors (Lipinski definition) is 0. The van der Waals surface area contributed by atoms with Gasteiger partial charge in [0.1, 0.15) is 5.69 Å². The monoisotopic (exact) mass is 322 g/mol. The van der Waals surface area contributed by atoms with Crippen LogP contribution in [0.15, 0.2) is 6.07 Å². The smallest absolute Gasteiger partial charge is 0.426 e. The highest BCUT2D eigenvalue weighted by Crippen LogP contribution is 1.98. The van der Waals surface area contributed by atoms with Gasteiger partial charge in [-0.25, -0.2) is 9.36 Å². The maximum Gasteiger partial charge on any atom is 0.426 e. The third-order valence-corrected chi connectivity index (χ3v) is 2.00. The van der Waals surface area contributed by atoms with Crippen LogP contribution in [0, 0.1) is 13.8 Å². The maximum atomic E-state index is 11.5. The van der Waals surface area contributed by atoms with Gasteiger partial charge in [0.25, 0.3) is 0 Å². The van der Waals surface area contributed by atoms with Crippen molar-refractivity contribution in [3.05, 3.63) is 23.3 Å². The lowest BCUT2D eigenvalue weighted by atomic mass is 10.3. The van der Waals surface area contributed by atoms with Crippen molar-refractivity contribution in [3.8, 4) is 0 Å². The molecule has 1 aromatic rings. The van der Waals surface area contributed by atoms with Gasteiger partial charge in [-0.05, 0) is 18.8 Å². The number of halogens is 1. The second kappa shape index (κ2) is 5.99. The Kier molecular flexibility index (Phi) is 5.71. The van der Waals surface area contributed by atoms with Crippen LogP contribution in [-0.2, 0) is 11.8 Å². The fraction of sp³-hybridized carbons (Fsp3) is 0.500. The zero-order valence-electron chi connectivity index (χ0n) is 9.37. The molecular weight excluding hydrogens is 307 g/mol. The zero-order chi connectivity index (χ0) is 10.7. The molecule has 4 nitrogen and oxygen atoms in total. The van der Waals surface area contributed by atoms with Gasteiger partial charge >= 0.3 is 11.8 Å². The van der Waals surface area contributed by atoms with Crippen LogP contribution < -0.4 is 28.5 Å². The Bertz CT molecular complexity index is 367. The fourth-order valence-corrected chi connectivity index (χ4v) is 1.22.